The van der Waals surface area contributed by atoms with Crippen LogP contribution in [0.3, 0.4) is 0 Å². The average molecular weight is 364 g/mol. The molecule has 3 N–H and O–H groups in total. The number of aliphatic hydroxyl groups excluding tert-OH is 1. The maximum atomic E-state index is 12.3. The van der Waals surface area contributed by atoms with Gasteiger partial charge in [-0.25, -0.2) is 9.48 Å². The molecule has 1 aliphatic carbocycles. The minimum Gasteiger partial charge on any atom is -0.396 e. The minimum atomic E-state index is -0.169. The van der Waals surface area contributed by atoms with Crippen LogP contribution in [0.15, 0.2) is 6.07 Å². The van der Waals surface area contributed by atoms with Crippen LogP contribution >= 0.6 is 0 Å². The molecule has 1 aromatic heterocycles. The number of nitrogens with one attached hydrogen (secondary N) is 2. The van der Waals surface area contributed by atoms with Crippen molar-refractivity contribution < 1.29 is 9.90 Å². The number of carbonyl (C=O) groups excluding carboxylic acids is 1. The van der Waals surface area contributed by atoms with E-state index in [1.165, 1.54) is 19.3 Å². The lowest BCUT2D eigenvalue weighted by Gasteiger charge is -2.31. The SMILES string of the molecule is Cc1cc(NC(=O)NCCN2CCC[C@@H](CO)C2)n(C2CCCCC2)n1. The van der Waals surface area contributed by atoms with Crippen molar-refractivity contribution >= 4 is 11.8 Å². The van der Waals surface area contributed by atoms with Gasteiger partial charge in [-0.2, -0.15) is 5.10 Å². The van der Waals surface area contributed by atoms with E-state index in [0.29, 0.717) is 18.5 Å². The predicted octanol–water partition coefficient (Wildman–Crippen LogP) is 2.52. The number of aliphatic hydroxyl groups is 1. The highest BCUT2D eigenvalue weighted by Gasteiger charge is 2.21. The van der Waals surface area contributed by atoms with Crippen LogP contribution in [0.4, 0.5) is 10.6 Å². The molecule has 7 nitrogen and oxygen atoms in total. The Morgan fingerprint density at radius 3 is 2.85 bits per heavy atom. The third-order valence-corrected chi connectivity index (χ3v) is 5.59. The van der Waals surface area contributed by atoms with Crippen LogP contribution in [-0.4, -0.2) is 58.6 Å². The van der Waals surface area contributed by atoms with E-state index < -0.39 is 0 Å². The van der Waals surface area contributed by atoms with Gasteiger partial charge in [0.1, 0.15) is 5.82 Å². The molecule has 0 unspecified atom stereocenters. The van der Waals surface area contributed by atoms with Gasteiger partial charge in [0.05, 0.1) is 11.7 Å². The minimum absolute atomic E-state index is 0.169. The van der Waals surface area contributed by atoms with Crippen LogP contribution < -0.4 is 10.6 Å². The van der Waals surface area contributed by atoms with E-state index >= 15 is 0 Å². The summed E-state index contributed by atoms with van der Waals surface area (Å²) in [5.74, 6) is 1.18. The Morgan fingerprint density at radius 1 is 1.27 bits per heavy atom. The molecule has 2 aliphatic rings. The summed E-state index contributed by atoms with van der Waals surface area (Å²) < 4.78 is 2.00. The zero-order chi connectivity index (χ0) is 18.4. The van der Waals surface area contributed by atoms with Gasteiger partial charge in [-0.3, -0.25) is 5.32 Å². The van der Waals surface area contributed by atoms with E-state index in [0.717, 1.165) is 56.8 Å². The van der Waals surface area contributed by atoms with Crippen molar-refractivity contribution in [3.63, 3.8) is 0 Å². The molecule has 1 aromatic rings. The number of anilines is 1. The largest absolute Gasteiger partial charge is 0.396 e. The zero-order valence-corrected chi connectivity index (χ0v) is 15.9. The average Bonchev–Trinajstić information content (AvgIpc) is 3.02. The number of amides is 2. The fourth-order valence-electron chi connectivity index (χ4n) is 4.21. The summed E-state index contributed by atoms with van der Waals surface area (Å²) in [5.41, 5.74) is 0.939. The van der Waals surface area contributed by atoms with Crippen LogP contribution in [-0.2, 0) is 0 Å². The van der Waals surface area contributed by atoms with Crippen molar-refractivity contribution in [2.45, 2.75) is 57.9 Å². The van der Waals surface area contributed by atoms with Crippen molar-refractivity contribution in [2.24, 2.45) is 5.92 Å². The highest BCUT2D eigenvalue weighted by Crippen LogP contribution is 2.30. The predicted molar refractivity (Wildman–Crippen MR) is 102 cm³/mol. The third kappa shape index (κ3) is 5.20. The number of piperidine rings is 1. The van der Waals surface area contributed by atoms with Gasteiger partial charge in [-0.15, -0.1) is 0 Å². The molecule has 26 heavy (non-hydrogen) atoms. The van der Waals surface area contributed by atoms with E-state index in [1.807, 2.05) is 17.7 Å². The Hall–Kier alpha value is -1.60. The first kappa shape index (κ1) is 19.2. The highest BCUT2D eigenvalue weighted by molar-refractivity contribution is 5.88. The van der Waals surface area contributed by atoms with Gasteiger partial charge in [0, 0.05) is 32.3 Å². The van der Waals surface area contributed by atoms with Crippen LogP contribution in [0.2, 0.25) is 0 Å². The molecule has 1 saturated carbocycles. The molecule has 146 valence electrons. The Labute approximate surface area is 156 Å². The monoisotopic (exact) mass is 363 g/mol. The molecule has 7 heteroatoms. The van der Waals surface area contributed by atoms with Crippen LogP contribution in [0.1, 0.15) is 56.7 Å². The summed E-state index contributed by atoms with van der Waals surface area (Å²) in [6.45, 7) is 5.64. The first-order chi connectivity index (χ1) is 12.7. The fraction of sp³-hybridized carbons (Fsp3) is 0.789. The molecule has 2 fully saturated rings. The molecule has 0 bridgehead atoms. The quantitative estimate of drug-likeness (QED) is 0.725. The van der Waals surface area contributed by atoms with Crippen molar-refractivity contribution in [2.75, 3.05) is 38.1 Å². The second-order valence-electron chi connectivity index (χ2n) is 7.78. The lowest BCUT2D eigenvalue weighted by Crippen LogP contribution is -2.42. The molecular formula is C19H33N5O2. The van der Waals surface area contributed by atoms with E-state index in [4.69, 9.17) is 0 Å². The summed E-state index contributed by atoms with van der Waals surface area (Å²) in [6.07, 6.45) is 8.27. The number of hydrogen-bond acceptors (Lipinski definition) is 4. The lowest BCUT2D eigenvalue weighted by atomic mass is 9.96. The fourth-order valence-corrected chi connectivity index (χ4v) is 4.21. The molecule has 0 aromatic carbocycles. The van der Waals surface area contributed by atoms with Gasteiger partial charge in [0.25, 0.3) is 0 Å². The van der Waals surface area contributed by atoms with Gasteiger partial charge < -0.3 is 15.3 Å². The zero-order valence-electron chi connectivity index (χ0n) is 15.9. The first-order valence-electron chi connectivity index (χ1n) is 10.1. The molecule has 1 saturated heterocycles. The normalized spacial score (nSPS) is 22.3. The Balaban J connectivity index is 1.46. The molecule has 0 spiro atoms. The Morgan fingerprint density at radius 2 is 2.08 bits per heavy atom. The maximum absolute atomic E-state index is 12.3. The Kier molecular flexibility index (Phi) is 6.91. The van der Waals surface area contributed by atoms with E-state index in [9.17, 15) is 9.90 Å². The number of nitrogens with zero attached hydrogens (tertiary/aromatic N) is 3. The third-order valence-electron chi connectivity index (χ3n) is 5.59. The molecule has 3 rings (SSSR count). The van der Waals surface area contributed by atoms with Crippen LogP contribution in [0.5, 0.6) is 0 Å². The molecular weight excluding hydrogens is 330 g/mol. The van der Waals surface area contributed by atoms with E-state index in [-0.39, 0.29) is 12.6 Å². The second kappa shape index (κ2) is 9.37. The van der Waals surface area contributed by atoms with Gasteiger partial charge in [-0.1, -0.05) is 19.3 Å². The summed E-state index contributed by atoms with van der Waals surface area (Å²) >= 11 is 0. The summed E-state index contributed by atoms with van der Waals surface area (Å²) in [4.78, 5) is 14.6. The highest BCUT2D eigenvalue weighted by atomic mass is 16.3. The van der Waals surface area contributed by atoms with Gasteiger partial charge in [0.15, 0.2) is 0 Å². The number of carbonyl (C=O) groups is 1. The number of aromatic nitrogens is 2. The van der Waals surface area contributed by atoms with Gasteiger partial charge in [-0.05, 0) is 45.1 Å². The van der Waals surface area contributed by atoms with Crippen molar-refractivity contribution in [3.05, 3.63) is 11.8 Å². The Bertz CT molecular complexity index is 582. The second-order valence-corrected chi connectivity index (χ2v) is 7.78. The van der Waals surface area contributed by atoms with Gasteiger partial charge in [0.2, 0.25) is 0 Å². The van der Waals surface area contributed by atoms with E-state index in [2.05, 4.69) is 20.6 Å². The van der Waals surface area contributed by atoms with E-state index in [1.54, 1.807) is 0 Å². The molecule has 2 heterocycles. The topological polar surface area (TPSA) is 82.4 Å². The van der Waals surface area contributed by atoms with Crippen LogP contribution in [0.25, 0.3) is 0 Å². The number of hydrogen-bond donors (Lipinski definition) is 3. The van der Waals surface area contributed by atoms with Crippen molar-refractivity contribution in [1.29, 1.82) is 0 Å². The van der Waals surface area contributed by atoms with Crippen molar-refractivity contribution in [1.82, 2.24) is 20.0 Å². The molecule has 1 atom stereocenters. The molecule has 0 radical (unpaired) electrons. The maximum Gasteiger partial charge on any atom is 0.320 e. The summed E-state index contributed by atoms with van der Waals surface area (Å²) in [5, 5.41) is 19.8. The van der Waals surface area contributed by atoms with Crippen LogP contribution in [0, 0.1) is 12.8 Å². The number of rotatable bonds is 6. The van der Waals surface area contributed by atoms with Gasteiger partial charge >= 0.3 is 6.03 Å². The summed E-state index contributed by atoms with van der Waals surface area (Å²) in [7, 11) is 0. The smallest absolute Gasteiger partial charge is 0.320 e. The lowest BCUT2D eigenvalue weighted by molar-refractivity contribution is 0.121. The number of urea groups is 1. The molecule has 1 aliphatic heterocycles. The number of likely N-dealkylation sites (tertiary alicyclic amines) is 1. The summed E-state index contributed by atoms with van der Waals surface area (Å²) in [6, 6.07) is 2.18. The first-order valence-corrected chi connectivity index (χ1v) is 10.1. The standard InChI is InChI=1S/C19H33N5O2/c1-15-12-18(24(22-15)17-7-3-2-4-8-17)21-19(26)20-9-11-23-10-5-6-16(13-23)14-25/h12,16-17,25H,2-11,13-14H2,1H3,(H2,20,21,26)/t16-/m1/s1. The number of aryl methyl sites for hydroxylation is 1. The van der Waals surface area contributed by atoms with Crippen molar-refractivity contribution in [3.8, 4) is 0 Å². The molecule has 2 amide bonds.